The van der Waals surface area contributed by atoms with Crippen LogP contribution in [0.5, 0.6) is 5.75 Å². The van der Waals surface area contributed by atoms with Gasteiger partial charge in [-0.1, -0.05) is 44.2 Å². The van der Waals surface area contributed by atoms with E-state index in [1.54, 1.807) is 6.07 Å². The van der Waals surface area contributed by atoms with E-state index < -0.39 is 11.8 Å². The van der Waals surface area contributed by atoms with Crippen molar-refractivity contribution >= 4 is 5.97 Å². The van der Waals surface area contributed by atoms with Crippen molar-refractivity contribution in [3.8, 4) is 16.9 Å². The molecule has 0 aliphatic heterocycles. The van der Waals surface area contributed by atoms with Gasteiger partial charge in [0.2, 0.25) is 0 Å². The first-order chi connectivity index (χ1) is 13.1. The van der Waals surface area contributed by atoms with Gasteiger partial charge in [0.15, 0.2) is 11.6 Å². The zero-order chi connectivity index (χ0) is 19.6. The predicted molar refractivity (Wildman–Crippen MR) is 103 cm³/mol. The van der Waals surface area contributed by atoms with Crippen molar-refractivity contribution in [1.29, 1.82) is 0 Å². The highest BCUT2D eigenvalue weighted by Crippen LogP contribution is 2.31. The van der Waals surface area contributed by atoms with Gasteiger partial charge in [-0.05, 0) is 40.8 Å². The molecule has 0 saturated heterocycles. The van der Waals surface area contributed by atoms with Crippen LogP contribution in [-0.4, -0.2) is 30.9 Å². The lowest BCUT2D eigenvalue weighted by molar-refractivity contribution is -0.137. The number of rotatable bonds is 10. The largest absolute Gasteiger partial charge is 0.488 e. The van der Waals surface area contributed by atoms with E-state index in [4.69, 9.17) is 14.6 Å². The maximum absolute atomic E-state index is 14.4. The monoisotopic (exact) mass is 372 g/mol. The topological polar surface area (TPSA) is 55.8 Å². The second kappa shape index (κ2) is 10.5. The molecule has 0 atom stereocenters. The van der Waals surface area contributed by atoms with E-state index in [9.17, 15) is 9.18 Å². The van der Waals surface area contributed by atoms with Crippen LogP contribution in [0.1, 0.15) is 24.5 Å². The highest BCUT2D eigenvalue weighted by Gasteiger charge is 2.13. The van der Waals surface area contributed by atoms with Crippen LogP contribution in [0.3, 0.4) is 0 Å². The van der Waals surface area contributed by atoms with E-state index in [2.05, 4.69) is 13.5 Å². The Balaban J connectivity index is 2.32. The molecule has 0 amide bonds. The fraction of sp³-hybridized carbons (Fsp3) is 0.318. The lowest BCUT2D eigenvalue weighted by atomic mass is 9.96. The zero-order valence-electron chi connectivity index (χ0n) is 15.5. The summed E-state index contributed by atoms with van der Waals surface area (Å²) in [5.41, 5.74) is 3.63. The Morgan fingerprint density at radius 2 is 1.93 bits per heavy atom. The van der Waals surface area contributed by atoms with E-state index in [0.717, 1.165) is 35.6 Å². The molecule has 0 heterocycles. The predicted octanol–water partition coefficient (Wildman–Crippen LogP) is 4.09. The van der Waals surface area contributed by atoms with Crippen molar-refractivity contribution in [2.45, 2.75) is 26.2 Å². The number of benzene rings is 2. The highest BCUT2D eigenvalue weighted by atomic mass is 19.1. The summed E-state index contributed by atoms with van der Waals surface area (Å²) < 4.78 is 24.8. The average molecular weight is 372 g/mol. The first-order valence-corrected chi connectivity index (χ1v) is 9.03. The van der Waals surface area contributed by atoms with Gasteiger partial charge >= 0.3 is 5.97 Å². The fourth-order valence-electron chi connectivity index (χ4n) is 2.80. The number of aliphatic hydroxyl groups excluding tert-OH is 1. The summed E-state index contributed by atoms with van der Waals surface area (Å²) >= 11 is 0. The molecule has 2 rings (SSSR count). The van der Waals surface area contributed by atoms with Gasteiger partial charge in [0, 0.05) is 12.5 Å². The van der Waals surface area contributed by atoms with Gasteiger partial charge in [0.05, 0.1) is 13.2 Å². The van der Waals surface area contributed by atoms with Gasteiger partial charge in [-0.2, -0.15) is 0 Å². The Hall–Kier alpha value is -2.66. The van der Waals surface area contributed by atoms with Crippen molar-refractivity contribution in [1.82, 2.24) is 0 Å². The van der Waals surface area contributed by atoms with Crippen LogP contribution in [0.25, 0.3) is 11.1 Å². The third kappa shape index (κ3) is 5.93. The molecule has 0 bridgehead atoms. The van der Waals surface area contributed by atoms with E-state index in [0.29, 0.717) is 6.42 Å². The molecule has 2 aromatic carbocycles. The van der Waals surface area contributed by atoms with Crippen LogP contribution in [0.2, 0.25) is 0 Å². The SMILES string of the molecule is C=CC(=O)OCCc1cc(OCCO)c(F)cc1-c1ccc(CCC)cc1. The maximum atomic E-state index is 14.4. The van der Waals surface area contributed by atoms with Crippen molar-refractivity contribution in [2.24, 2.45) is 0 Å². The molecule has 144 valence electrons. The maximum Gasteiger partial charge on any atom is 0.330 e. The summed E-state index contributed by atoms with van der Waals surface area (Å²) in [6, 6.07) is 11.0. The second-order valence-electron chi connectivity index (χ2n) is 6.08. The smallest absolute Gasteiger partial charge is 0.330 e. The molecule has 0 aliphatic rings. The first kappa shape index (κ1) is 20.6. The van der Waals surface area contributed by atoms with E-state index in [-0.39, 0.29) is 25.6 Å². The van der Waals surface area contributed by atoms with Crippen molar-refractivity contribution < 1.29 is 23.8 Å². The normalized spacial score (nSPS) is 10.5. The molecule has 0 saturated carbocycles. The van der Waals surface area contributed by atoms with Crippen molar-refractivity contribution in [2.75, 3.05) is 19.8 Å². The Bertz CT molecular complexity index is 769. The number of carbonyl (C=O) groups excluding carboxylic acids is 1. The Morgan fingerprint density at radius 1 is 1.19 bits per heavy atom. The summed E-state index contributed by atoms with van der Waals surface area (Å²) in [5.74, 6) is -0.928. The molecule has 0 aromatic heterocycles. The Labute approximate surface area is 159 Å². The van der Waals surface area contributed by atoms with Gasteiger partial charge in [0.1, 0.15) is 6.61 Å². The molecular formula is C22H25FO4. The molecule has 27 heavy (non-hydrogen) atoms. The van der Waals surface area contributed by atoms with Crippen LogP contribution >= 0.6 is 0 Å². The standard InChI is InChI=1S/C22H25FO4/c1-3-5-16-6-8-17(9-7-16)19-15-20(23)21(26-13-11-24)14-18(19)10-12-27-22(25)4-2/h4,6-9,14-15,24H,2-3,5,10-13H2,1H3. The molecule has 0 aliphatic carbocycles. The Kier molecular flexibility index (Phi) is 8.01. The summed E-state index contributed by atoms with van der Waals surface area (Å²) in [6.45, 7) is 5.44. The summed E-state index contributed by atoms with van der Waals surface area (Å²) in [6.07, 6.45) is 3.56. The molecule has 0 unspecified atom stereocenters. The van der Waals surface area contributed by atoms with Crippen molar-refractivity contribution in [3.63, 3.8) is 0 Å². The number of hydrogen-bond acceptors (Lipinski definition) is 4. The number of halogens is 1. The number of aryl methyl sites for hydroxylation is 1. The molecule has 0 fully saturated rings. The zero-order valence-corrected chi connectivity index (χ0v) is 15.5. The second-order valence-corrected chi connectivity index (χ2v) is 6.08. The van der Waals surface area contributed by atoms with Crippen LogP contribution in [-0.2, 0) is 22.4 Å². The van der Waals surface area contributed by atoms with Gasteiger partial charge < -0.3 is 14.6 Å². The molecule has 0 radical (unpaired) electrons. The van der Waals surface area contributed by atoms with Crippen molar-refractivity contribution in [3.05, 3.63) is 66.0 Å². The number of aliphatic hydroxyl groups is 1. The van der Waals surface area contributed by atoms with E-state index in [1.807, 2.05) is 24.3 Å². The average Bonchev–Trinajstić information content (AvgIpc) is 2.68. The lowest BCUT2D eigenvalue weighted by Crippen LogP contribution is -2.07. The van der Waals surface area contributed by atoms with Gasteiger partial charge in [-0.15, -0.1) is 0 Å². The molecule has 4 nitrogen and oxygen atoms in total. The molecular weight excluding hydrogens is 347 g/mol. The van der Waals surface area contributed by atoms with Gasteiger partial charge in [-0.25, -0.2) is 9.18 Å². The minimum Gasteiger partial charge on any atom is -0.488 e. The van der Waals surface area contributed by atoms with Crippen LogP contribution in [0.15, 0.2) is 49.1 Å². The van der Waals surface area contributed by atoms with Crippen LogP contribution in [0, 0.1) is 5.82 Å². The fourth-order valence-corrected chi connectivity index (χ4v) is 2.80. The van der Waals surface area contributed by atoms with Crippen LogP contribution < -0.4 is 4.74 Å². The van der Waals surface area contributed by atoms with Crippen LogP contribution in [0.4, 0.5) is 4.39 Å². The van der Waals surface area contributed by atoms with E-state index >= 15 is 0 Å². The third-order valence-electron chi connectivity index (χ3n) is 4.09. The number of hydrogen-bond donors (Lipinski definition) is 1. The quantitative estimate of drug-likeness (QED) is 0.504. The first-order valence-electron chi connectivity index (χ1n) is 9.03. The minimum atomic E-state index is -0.501. The molecule has 1 N–H and O–H groups in total. The van der Waals surface area contributed by atoms with Gasteiger partial charge in [-0.3, -0.25) is 0 Å². The molecule has 5 heteroatoms. The summed E-state index contributed by atoms with van der Waals surface area (Å²) in [7, 11) is 0. The summed E-state index contributed by atoms with van der Waals surface area (Å²) in [5, 5.41) is 8.91. The third-order valence-corrected chi connectivity index (χ3v) is 4.09. The number of ether oxygens (including phenoxy) is 2. The molecule has 0 spiro atoms. The Morgan fingerprint density at radius 3 is 2.56 bits per heavy atom. The summed E-state index contributed by atoms with van der Waals surface area (Å²) in [4.78, 5) is 11.3. The molecule has 2 aromatic rings. The lowest BCUT2D eigenvalue weighted by Gasteiger charge is -2.14. The number of carbonyl (C=O) groups is 1. The number of esters is 1. The minimum absolute atomic E-state index is 0.00682. The van der Waals surface area contributed by atoms with E-state index in [1.165, 1.54) is 11.6 Å². The highest BCUT2D eigenvalue weighted by molar-refractivity contribution is 5.81. The van der Waals surface area contributed by atoms with Gasteiger partial charge in [0.25, 0.3) is 0 Å².